The molecule has 0 spiro atoms. The molecule has 0 radical (unpaired) electrons. The van der Waals surface area contributed by atoms with Crippen molar-refractivity contribution in [2.45, 2.75) is 26.7 Å². The molecule has 0 aliphatic heterocycles. The summed E-state index contributed by atoms with van der Waals surface area (Å²) in [5.74, 6) is 1.63. The van der Waals surface area contributed by atoms with Crippen LogP contribution in [0.4, 0.5) is 0 Å². The van der Waals surface area contributed by atoms with Crippen molar-refractivity contribution < 1.29 is 9.47 Å². The Bertz CT molecular complexity index is 1020. The molecule has 0 aliphatic rings. The van der Waals surface area contributed by atoms with Gasteiger partial charge in [0.25, 0.3) is 0 Å². The third-order valence-electron chi connectivity index (χ3n) is 4.66. The molecule has 0 unspecified atom stereocenters. The summed E-state index contributed by atoms with van der Waals surface area (Å²) in [5.41, 5.74) is 1.72. The van der Waals surface area contributed by atoms with Crippen molar-refractivity contribution in [3.63, 3.8) is 0 Å². The van der Waals surface area contributed by atoms with Gasteiger partial charge >= 0.3 is 0 Å². The number of nitrogens with zero attached hydrogens (tertiary/aromatic N) is 2. The van der Waals surface area contributed by atoms with Crippen molar-refractivity contribution >= 4 is 21.5 Å². The number of pyridine rings is 2. The molecule has 0 amide bonds. The predicted molar refractivity (Wildman–Crippen MR) is 114 cm³/mol. The minimum atomic E-state index is 0.676. The highest BCUT2D eigenvalue weighted by Gasteiger charge is 2.15. The maximum absolute atomic E-state index is 5.91. The largest absolute Gasteiger partial charge is 0.491 e. The summed E-state index contributed by atoms with van der Waals surface area (Å²) in [6.45, 7) is 5.55. The number of rotatable bonds is 7. The van der Waals surface area contributed by atoms with E-state index in [9.17, 15) is 0 Å². The fourth-order valence-corrected chi connectivity index (χ4v) is 3.36. The van der Waals surface area contributed by atoms with Crippen LogP contribution >= 0.6 is 0 Å². The first-order valence-corrected chi connectivity index (χ1v) is 9.85. The second-order valence-corrected chi connectivity index (χ2v) is 6.73. The molecule has 142 valence electrons. The molecule has 4 rings (SSSR count). The van der Waals surface area contributed by atoms with Gasteiger partial charge in [-0.15, -0.1) is 0 Å². The van der Waals surface area contributed by atoms with Gasteiger partial charge in [-0.2, -0.15) is 0 Å². The molecule has 2 aromatic heterocycles. The van der Waals surface area contributed by atoms with E-state index in [-0.39, 0.29) is 0 Å². The highest BCUT2D eigenvalue weighted by Crippen LogP contribution is 2.37. The van der Waals surface area contributed by atoms with Crippen molar-refractivity contribution in [2.75, 3.05) is 13.2 Å². The summed E-state index contributed by atoms with van der Waals surface area (Å²) in [7, 11) is 0. The standard InChI is InChI=1S/C24H24N2O2/c1-3-13-27-21-15-25-23(19-11-7-5-9-17(19)21)24-20-12-8-6-10-18(20)22(16-26-24)28-14-4-2/h5-12,15-16H,3-4,13-14H2,1-2H3. The lowest BCUT2D eigenvalue weighted by atomic mass is 10.0. The molecule has 0 saturated heterocycles. The van der Waals surface area contributed by atoms with Crippen molar-refractivity contribution in [3.05, 3.63) is 60.9 Å². The maximum atomic E-state index is 5.91. The zero-order valence-electron chi connectivity index (χ0n) is 16.3. The number of aromatic nitrogens is 2. The summed E-state index contributed by atoms with van der Waals surface area (Å²) >= 11 is 0. The molecule has 4 aromatic rings. The molecule has 0 fully saturated rings. The molecule has 4 nitrogen and oxygen atoms in total. The monoisotopic (exact) mass is 372 g/mol. The van der Waals surface area contributed by atoms with Crippen LogP contribution in [0, 0.1) is 0 Å². The van der Waals surface area contributed by atoms with Gasteiger partial charge < -0.3 is 9.47 Å². The molecule has 0 aliphatic carbocycles. The van der Waals surface area contributed by atoms with Gasteiger partial charge in [0.05, 0.1) is 37.0 Å². The van der Waals surface area contributed by atoms with Gasteiger partial charge in [-0.25, -0.2) is 0 Å². The minimum absolute atomic E-state index is 0.676. The Morgan fingerprint density at radius 2 is 1.00 bits per heavy atom. The zero-order chi connectivity index (χ0) is 19.3. The second kappa shape index (κ2) is 8.26. The van der Waals surface area contributed by atoms with Gasteiger partial charge in [0.2, 0.25) is 0 Å². The van der Waals surface area contributed by atoms with Crippen LogP contribution in [0.3, 0.4) is 0 Å². The van der Waals surface area contributed by atoms with E-state index in [4.69, 9.17) is 19.4 Å². The van der Waals surface area contributed by atoms with Crippen LogP contribution in [0.5, 0.6) is 11.5 Å². The fraction of sp³-hybridized carbons (Fsp3) is 0.250. The highest BCUT2D eigenvalue weighted by atomic mass is 16.5. The normalized spacial score (nSPS) is 11.1. The number of hydrogen-bond acceptors (Lipinski definition) is 4. The van der Waals surface area contributed by atoms with Crippen LogP contribution in [0.25, 0.3) is 32.9 Å². The van der Waals surface area contributed by atoms with E-state index in [1.54, 1.807) is 0 Å². The van der Waals surface area contributed by atoms with E-state index in [2.05, 4.69) is 38.1 Å². The van der Waals surface area contributed by atoms with E-state index in [0.29, 0.717) is 13.2 Å². The van der Waals surface area contributed by atoms with Crippen molar-refractivity contribution in [3.8, 4) is 22.9 Å². The van der Waals surface area contributed by atoms with Gasteiger partial charge in [0, 0.05) is 21.5 Å². The Morgan fingerprint density at radius 3 is 1.39 bits per heavy atom. The van der Waals surface area contributed by atoms with Gasteiger partial charge in [-0.3, -0.25) is 9.97 Å². The first-order valence-electron chi connectivity index (χ1n) is 9.85. The van der Waals surface area contributed by atoms with Gasteiger partial charge in [-0.1, -0.05) is 62.4 Å². The third kappa shape index (κ3) is 3.38. The fourth-order valence-electron chi connectivity index (χ4n) is 3.36. The lowest BCUT2D eigenvalue weighted by Crippen LogP contribution is -2.00. The summed E-state index contributed by atoms with van der Waals surface area (Å²) in [4.78, 5) is 9.49. The molecule has 0 saturated carbocycles. The number of benzene rings is 2. The van der Waals surface area contributed by atoms with E-state index >= 15 is 0 Å². The summed E-state index contributed by atoms with van der Waals surface area (Å²) in [6, 6.07) is 16.4. The van der Waals surface area contributed by atoms with E-state index in [0.717, 1.165) is 57.3 Å². The number of fused-ring (bicyclic) bond motifs is 2. The number of hydrogen-bond donors (Lipinski definition) is 0. The van der Waals surface area contributed by atoms with Crippen molar-refractivity contribution in [1.82, 2.24) is 9.97 Å². The summed E-state index contributed by atoms with van der Waals surface area (Å²) in [5, 5.41) is 4.18. The molecular formula is C24H24N2O2. The minimum Gasteiger partial charge on any atom is -0.491 e. The van der Waals surface area contributed by atoms with Gasteiger partial charge in [0.1, 0.15) is 11.5 Å². The van der Waals surface area contributed by atoms with Crippen molar-refractivity contribution in [2.24, 2.45) is 0 Å². The first kappa shape index (κ1) is 18.2. The molecule has 2 aromatic carbocycles. The topological polar surface area (TPSA) is 44.2 Å². The maximum Gasteiger partial charge on any atom is 0.145 e. The van der Waals surface area contributed by atoms with Crippen molar-refractivity contribution in [1.29, 1.82) is 0 Å². The average molecular weight is 372 g/mol. The highest BCUT2D eigenvalue weighted by molar-refractivity contribution is 6.05. The van der Waals surface area contributed by atoms with Crippen LogP contribution in [0.2, 0.25) is 0 Å². The van der Waals surface area contributed by atoms with Crippen LogP contribution in [-0.4, -0.2) is 23.2 Å². The molecule has 0 bridgehead atoms. The van der Waals surface area contributed by atoms with E-state index in [1.165, 1.54) is 0 Å². The summed E-state index contributed by atoms with van der Waals surface area (Å²) < 4.78 is 11.8. The molecule has 2 heterocycles. The van der Waals surface area contributed by atoms with Gasteiger partial charge in [0.15, 0.2) is 0 Å². The summed E-state index contributed by atoms with van der Waals surface area (Å²) in [6.07, 6.45) is 5.54. The molecular weight excluding hydrogens is 348 g/mol. The van der Waals surface area contributed by atoms with Crippen LogP contribution < -0.4 is 9.47 Å². The first-order chi connectivity index (χ1) is 13.8. The molecule has 4 heteroatoms. The zero-order valence-corrected chi connectivity index (χ0v) is 16.3. The Balaban J connectivity index is 1.90. The Hall–Kier alpha value is -3.14. The van der Waals surface area contributed by atoms with E-state index < -0.39 is 0 Å². The van der Waals surface area contributed by atoms with Gasteiger partial charge in [-0.05, 0) is 12.8 Å². The lowest BCUT2D eigenvalue weighted by Gasteiger charge is -2.14. The molecule has 28 heavy (non-hydrogen) atoms. The van der Waals surface area contributed by atoms with Crippen LogP contribution in [0.1, 0.15) is 26.7 Å². The quantitative estimate of drug-likeness (QED) is 0.397. The predicted octanol–water partition coefficient (Wildman–Crippen LogP) is 6.03. The average Bonchev–Trinajstić information content (AvgIpc) is 2.76. The Kier molecular flexibility index (Phi) is 5.38. The SMILES string of the molecule is CCCOc1cnc(-c2ncc(OCCC)c3ccccc23)c2ccccc12. The molecule has 0 N–H and O–H groups in total. The smallest absolute Gasteiger partial charge is 0.145 e. The Labute approximate surface area is 165 Å². The third-order valence-corrected chi connectivity index (χ3v) is 4.66. The number of ether oxygens (including phenoxy) is 2. The van der Waals surface area contributed by atoms with Crippen LogP contribution in [0.15, 0.2) is 60.9 Å². The molecule has 0 atom stereocenters. The second-order valence-electron chi connectivity index (χ2n) is 6.73. The Morgan fingerprint density at radius 1 is 0.607 bits per heavy atom. The van der Waals surface area contributed by atoms with E-state index in [1.807, 2.05) is 36.7 Å². The lowest BCUT2D eigenvalue weighted by molar-refractivity contribution is 0.320. The van der Waals surface area contributed by atoms with Crippen LogP contribution in [-0.2, 0) is 0 Å².